The van der Waals surface area contributed by atoms with E-state index in [1.807, 2.05) is 0 Å². The maximum Gasteiger partial charge on any atom is 0.137 e. The fourth-order valence-corrected chi connectivity index (χ4v) is 3.03. The SMILES string of the molecule is Clc1ccc(C(Cn2cncn2)=NOCC2CC2(Cl)Cl)c(Cl)c1. The van der Waals surface area contributed by atoms with Gasteiger partial charge in [0, 0.05) is 16.5 Å². The molecule has 0 aliphatic heterocycles. The Morgan fingerprint density at radius 1 is 1.39 bits per heavy atom. The quantitative estimate of drug-likeness (QED) is 0.419. The third-order valence-electron chi connectivity index (χ3n) is 3.43. The van der Waals surface area contributed by atoms with Crippen molar-refractivity contribution >= 4 is 52.1 Å². The molecular weight excluding hydrogens is 382 g/mol. The van der Waals surface area contributed by atoms with Crippen LogP contribution in [0.1, 0.15) is 12.0 Å². The highest BCUT2D eigenvalue weighted by molar-refractivity contribution is 6.50. The molecule has 0 N–H and O–H groups in total. The van der Waals surface area contributed by atoms with E-state index in [0.717, 1.165) is 0 Å². The van der Waals surface area contributed by atoms with Crippen LogP contribution in [0.15, 0.2) is 36.0 Å². The second-order valence-corrected chi connectivity index (χ2v) is 7.60. The number of hydrogen-bond acceptors (Lipinski definition) is 4. The van der Waals surface area contributed by atoms with Gasteiger partial charge in [-0.15, -0.1) is 23.2 Å². The van der Waals surface area contributed by atoms with Gasteiger partial charge < -0.3 is 4.84 Å². The second kappa shape index (κ2) is 6.85. The van der Waals surface area contributed by atoms with Gasteiger partial charge in [0.1, 0.15) is 29.3 Å². The highest BCUT2D eigenvalue weighted by Crippen LogP contribution is 2.53. The van der Waals surface area contributed by atoms with Crippen molar-refractivity contribution in [3.63, 3.8) is 0 Å². The summed E-state index contributed by atoms with van der Waals surface area (Å²) in [5, 5.41) is 9.28. The molecule has 1 saturated carbocycles. The standard InChI is InChI=1S/C14H12Cl4N4O/c15-10-1-2-11(12(16)3-10)13(5-22-8-19-7-20-22)21-23-6-9-4-14(9,17)18/h1-3,7-9H,4-6H2. The van der Waals surface area contributed by atoms with Crippen LogP contribution >= 0.6 is 46.4 Å². The third kappa shape index (κ3) is 4.29. The molecule has 1 unspecified atom stereocenters. The number of halogens is 4. The summed E-state index contributed by atoms with van der Waals surface area (Å²) in [4.78, 5) is 9.32. The van der Waals surface area contributed by atoms with E-state index >= 15 is 0 Å². The molecule has 0 spiro atoms. The number of aromatic nitrogens is 3. The van der Waals surface area contributed by atoms with Gasteiger partial charge in [0.15, 0.2) is 0 Å². The number of nitrogens with zero attached hydrogens (tertiary/aromatic N) is 4. The summed E-state index contributed by atoms with van der Waals surface area (Å²) in [7, 11) is 0. The predicted molar refractivity (Wildman–Crippen MR) is 91.5 cm³/mol. The number of benzene rings is 1. The summed E-state index contributed by atoms with van der Waals surface area (Å²) < 4.78 is 0.928. The van der Waals surface area contributed by atoms with Crippen LogP contribution in [0.4, 0.5) is 0 Å². The van der Waals surface area contributed by atoms with Crippen molar-refractivity contribution in [2.75, 3.05) is 6.61 Å². The lowest BCUT2D eigenvalue weighted by molar-refractivity contribution is 0.132. The fourth-order valence-electron chi connectivity index (χ4n) is 2.01. The van der Waals surface area contributed by atoms with Gasteiger partial charge in [-0.1, -0.05) is 28.4 Å². The Balaban J connectivity index is 1.78. The largest absolute Gasteiger partial charge is 0.395 e. The van der Waals surface area contributed by atoms with Crippen LogP contribution in [0.5, 0.6) is 0 Å². The zero-order valence-corrected chi connectivity index (χ0v) is 14.8. The zero-order valence-electron chi connectivity index (χ0n) is 11.8. The highest BCUT2D eigenvalue weighted by atomic mass is 35.5. The number of alkyl halides is 2. The maximum absolute atomic E-state index is 6.26. The van der Waals surface area contributed by atoms with Crippen LogP contribution in [0, 0.1) is 5.92 Å². The van der Waals surface area contributed by atoms with E-state index in [2.05, 4.69) is 15.2 Å². The average molecular weight is 394 g/mol. The summed E-state index contributed by atoms with van der Waals surface area (Å²) in [5.74, 6) is 0.0860. The first-order valence-electron chi connectivity index (χ1n) is 6.80. The second-order valence-electron chi connectivity index (χ2n) is 5.21. The maximum atomic E-state index is 6.26. The van der Waals surface area contributed by atoms with Crippen molar-refractivity contribution in [1.29, 1.82) is 0 Å². The summed E-state index contributed by atoms with van der Waals surface area (Å²) in [6.45, 7) is 0.706. The minimum Gasteiger partial charge on any atom is -0.395 e. The van der Waals surface area contributed by atoms with Crippen LogP contribution in [-0.2, 0) is 11.4 Å². The molecule has 5 nitrogen and oxygen atoms in total. The third-order valence-corrected chi connectivity index (χ3v) is 4.90. The molecule has 0 amide bonds. The lowest BCUT2D eigenvalue weighted by atomic mass is 10.1. The molecule has 3 rings (SSSR count). The summed E-state index contributed by atoms with van der Waals surface area (Å²) in [5.41, 5.74) is 1.32. The molecule has 1 fully saturated rings. The van der Waals surface area contributed by atoms with Crippen molar-refractivity contribution in [3.05, 3.63) is 46.5 Å². The van der Waals surface area contributed by atoms with Gasteiger partial charge in [-0.05, 0) is 24.6 Å². The molecule has 9 heteroatoms. The van der Waals surface area contributed by atoms with Crippen LogP contribution in [-0.4, -0.2) is 31.4 Å². The highest BCUT2D eigenvalue weighted by Gasteiger charge is 2.52. The van der Waals surface area contributed by atoms with Gasteiger partial charge in [-0.3, -0.25) is 0 Å². The van der Waals surface area contributed by atoms with E-state index < -0.39 is 4.33 Å². The minimum atomic E-state index is -0.695. The van der Waals surface area contributed by atoms with E-state index in [9.17, 15) is 0 Å². The van der Waals surface area contributed by atoms with E-state index in [-0.39, 0.29) is 5.92 Å². The molecule has 122 valence electrons. The molecule has 0 bridgehead atoms. The zero-order chi connectivity index (χ0) is 16.4. The molecule has 1 heterocycles. The molecule has 1 aliphatic rings. The smallest absolute Gasteiger partial charge is 0.137 e. The Kier molecular flexibility index (Phi) is 5.01. The molecule has 23 heavy (non-hydrogen) atoms. The average Bonchev–Trinajstić information content (AvgIpc) is 2.87. The Morgan fingerprint density at radius 2 is 2.17 bits per heavy atom. The number of hydrogen-bond donors (Lipinski definition) is 0. The van der Waals surface area contributed by atoms with Gasteiger partial charge in [-0.2, -0.15) is 5.10 Å². The van der Waals surface area contributed by atoms with Crippen molar-refractivity contribution in [2.45, 2.75) is 17.3 Å². The normalized spacial score (nSPS) is 19.7. The van der Waals surface area contributed by atoms with Gasteiger partial charge in [0.2, 0.25) is 0 Å². The van der Waals surface area contributed by atoms with Crippen molar-refractivity contribution in [1.82, 2.24) is 14.8 Å². The first-order valence-corrected chi connectivity index (χ1v) is 8.31. The molecule has 1 atom stereocenters. The molecular formula is C14H12Cl4N4O. The minimum absolute atomic E-state index is 0.0860. The van der Waals surface area contributed by atoms with Crippen LogP contribution in [0.25, 0.3) is 0 Å². The topological polar surface area (TPSA) is 52.3 Å². The van der Waals surface area contributed by atoms with Crippen LogP contribution in [0.2, 0.25) is 10.0 Å². The lowest BCUT2D eigenvalue weighted by Crippen LogP contribution is -2.14. The van der Waals surface area contributed by atoms with Crippen LogP contribution < -0.4 is 0 Å². The first kappa shape index (κ1) is 16.8. The van der Waals surface area contributed by atoms with Crippen molar-refractivity contribution < 1.29 is 4.84 Å². The van der Waals surface area contributed by atoms with Crippen LogP contribution in [0.3, 0.4) is 0 Å². The van der Waals surface area contributed by atoms with Crippen molar-refractivity contribution in [3.8, 4) is 0 Å². The Bertz CT molecular complexity index is 718. The number of oxime groups is 1. The Morgan fingerprint density at radius 3 is 2.78 bits per heavy atom. The van der Waals surface area contributed by atoms with Gasteiger partial charge in [0.05, 0.1) is 11.6 Å². The molecule has 1 aromatic heterocycles. The van der Waals surface area contributed by atoms with Gasteiger partial charge >= 0.3 is 0 Å². The van der Waals surface area contributed by atoms with E-state index in [4.69, 9.17) is 51.2 Å². The molecule has 2 aromatic rings. The van der Waals surface area contributed by atoms with E-state index in [1.165, 1.54) is 6.33 Å². The van der Waals surface area contributed by atoms with Crippen molar-refractivity contribution in [2.24, 2.45) is 11.1 Å². The summed E-state index contributed by atoms with van der Waals surface area (Å²) in [6.07, 6.45) is 3.73. The molecule has 1 aliphatic carbocycles. The number of rotatable bonds is 6. The summed E-state index contributed by atoms with van der Waals surface area (Å²) >= 11 is 24.1. The molecule has 0 radical (unpaired) electrons. The molecule has 1 aromatic carbocycles. The summed E-state index contributed by atoms with van der Waals surface area (Å²) in [6, 6.07) is 5.18. The fraction of sp³-hybridized carbons (Fsp3) is 0.357. The van der Waals surface area contributed by atoms with E-state index in [0.29, 0.717) is 40.9 Å². The Hall–Kier alpha value is -1.01. The van der Waals surface area contributed by atoms with E-state index in [1.54, 1.807) is 29.2 Å². The molecule has 0 saturated heterocycles. The monoisotopic (exact) mass is 392 g/mol. The lowest BCUT2D eigenvalue weighted by Gasteiger charge is -2.09. The predicted octanol–water partition coefficient (Wildman–Crippen LogP) is 4.20. The van der Waals surface area contributed by atoms with Gasteiger partial charge in [-0.25, -0.2) is 9.67 Å². The first-order chi connectivity index (χ1) is 11.0. The Labute approximate surface area is 153 Å². The van der Waals surface area contributed by atoms with Gasteiger partial charge in [0.25, 0.3) is 0 Å².